The van der Waals surface area contributed by atoms with Gasteiger partial charge in [0.25, 0.3) is 10.0 Å². The maximum atomic E-state index is 12.8. The molecule has 1 unspecified atom stereocenters. The molecule has 2 aromatic carbocycles. The number of benzene rings is 2. The van der Waals surface area contributed by atoms with Gasteiger partial charge in [0, 0.05) is 21.5 Å². The molecule has 0 saturated carbocycles. The molecule has 1 aromatic heterocycles. The van der Waals surface area contributed by atoms with Crippen LogP contribution in [0, 0.1) is 6.92 Å². The fraction of sp³-hybridized carbons (Fsp3) is 0.125. The third kappa shape index (κ3) is 3.17. The van der Waals surface area contributed by atoms with Gasteiger partial charge in [-0.15, -0.1) is 15.1 Å². The Morgan fingerprint density at radius 2 is 1.71 bits per heavy atom. The first kappa shape index (κ1) is 16.9. The Morgan fingerprint density at radius 3 is 2.33 bits per heavy atom. The van der Waals surface area contributed by atoms with Crippen molar-refractivity contribution in [3.8, 4) is 0 Å². The van der Waals surface area contributed by atoms with Crippen LogP contribution in [-0.2, 0) is 19.8 Å². The fourth-order valence-electron chi connectivity index (χ4n) is 2.30. The van der Waals surface area contributed by atoms with Crippen molar-refractivity contribution in [1.29, 1.82) is 0 Å². The SMILES string of the molecule is Cc1cccc2cc(S(=O)(=O)N=S(C)(=O)c3ccc(N)cc3)sc12. The Hall–Kier alpha value is -1.90. The molecule has 0 spiro atoms. The number of thiophene rings is 1. The number of hydrogen-bond donors (Lipinski definition) is 1. The molecule has 0 aliphatic heterocycles. The predicted molar refractivity (Wildman–Crippen MR) is 99.4 cm³/mol. The normalized spacial score (nSPS) is 14.4. The lowest BCUT2D eigenvalue weighted by molar-refractivity contribution is 0.600. The number of anilines is 1. The first-order valence-corrected chi connectivity index (χ1v) is 11.2. The highest BCUT2D eigenvalue weighted by atomic mass is 32.3. The lowest BCUT2D eigenvalue weighted by Crippen LogP contribution is -2.03. The monoisotopic (exact) mass is 380 g/mol. The van der Waals surface area contributed by atoms with Gasteiger partial charge in [-0.1, -0.05) is 18.2 Å². The van der Waals surface area contributed by atoms with Gasteiger partial charge < -0.3 is 5.73 Å². The molecule has 0 radical (unpaired) electrons. The molecule has 126 valence electrons. The summed E-state index contributed by atoms with van der Waals surface area (Å²) in [7, 11) is -7.11. The van der Waals surface area contributed by atoms with Crippen molar-refractivity contribution in [3.05, 3.63) is 54.1 Å². The maximum Gasteiger partial charge on any atom is 0.299 e. The second-order valence-electron chi connectivity index (χ2n) is 5.48. The molecule has 3 aromatic rings. The van der Waals surface area contributed by atoms with E-state index >= 15 is 0 Å². The zero-order valence-corrected chi connectivity index (χ0v) is 15.5. The minimum absolute atomic E-state index is 0.0943. The standard InChI is InChI=1S/C16H16N2O3S3/c1-11-4-3-5-12-10-15(22-16(11)12)24(20,21)18-23(2,19)14-8-6-13(17)7-9-14/h3-10H,17H2,1-2H3. The Labute approximate surface area is 145 Å². The summed E-state index contributed by atoms with van der Waals surface area (Å²) >= 11 is 1.14. The lowest BCUT2D eigenvalue weighted by atomic mass is 10.2. The average molecular weight is 381 g/mol. The van der Waals surface area contributed by atoms with E-state index in [0.29, 0.717) is 10.6 Å². The first-order valence-electron chi connectivity index (χ1n) is 7.02. The second kappa shape index (κ2) is 5.87. The molecule has 0 saturated heterocycles. The number of nitrogens with two attached hydrogens (primary N) is 1. The maximum absolute atomic E-state index is 12.8. The minimum atomic E-state index is -4.02. The summed E-state index contributed by atoms with van der Waals surface area (Å²) in [5, 5.41) is 0.837. The predicted octanol–water partition coefficient (Wildman–Crippen LogP) is 3.64. The molecule has 0 aliphatic rings. The highest BCUT2D eigenvalue weighted by molar-refractivity contribution is 8.03. The highest BCUT2D eigenvalue weighted by Gasteiger charge is 2.20. The lowest BCUT2D eigenvalue weighted by Gasteiger charge is -2.04. The van der Waals surface area contributed by atoms with E-state index in [1.807, 2.05) is 25.1 Å². The number of aryl methyl sites for hydroxylation is 1. The van der Waals surface area contributed by atoms with Crippen LogP contribution in [0.25, 0.3) is 10.1 Å². The zero-order valence-electron chi connectivity index (χ0n) is 13.1. The molecule has 3 rings (SSSR count). The van der Waals surface area contributed by atoms with E-state index in [0.717, 1.165) is 27.0 Å². The Bertz CT molecular complexity index is 1140. The smallest absolute Gasteiger partial charge is 0.299 e. The highest BCUT2D eigenvalue weighted by Crippen LogP contribution is 2.33. The molecule has 24 heavy (non-hydrogen) atoms. The summed E-state index contributed by atoms with van der Waals surface area (Å²) in [6.45, 7) is 1.92. The van der Waals surface area contributed by atoms with E-state index in [2.05, 4.69) is 3.77 Å². The molecule has 1 heterocycles. The van der Waals surface area contributed by atoms with Crippen LogP contribution in [0.3, 0.4) is 0 Å². The minimum Gasteiger partial charge on any atom is -0.399 e. The average Bonchev–Trinajstić information content (AvgIpc) is 2.93. The van der Waals surface area contributed by atoms with Gasteiger partial charge >= 0.3 is 0 Å². The number of fused-ring (bicyclic) bond motifs is 1. The van der Waals surface area contributed by atoms with E-state index in [1.165, 1.54) is 18.4 Å². The van der Waals surface area contributed by atoms with E-state index in [4.69, 9.17) is 5.73 Å². The quantitative estimate of drug-likeness (QED) is 0.703. The third-order valence-electron chi connectivity index (χ3n) is 3.53. The zero-order chi connectivity index (χ0) is 17.5. The van der Waals surface area contributed by atoms with E-state index < -0.39 is 19.8 Å². The Kier molecular flexibility index (Phi) is 4.15. The number of nitrogens with zero attached hydrogens (tertiary/aromatic N) is 1. The van der Waals surface area contributed by atoms with Gasteiger partial charge in [-0.3, -0.25) is 0 Å². The molecule has 0 fully saturated rings. The van der Waals surface area contributed by atoms with Crippen LogP contribution in [0.4, 0.5) is 5.69 Å². The summed E-state index contributed by atoms with van der Waals surface area (Å²) in [6.07, 6.45) is 1.31. The van der Waals surface area contributed by atoms with Crippen molar-refractivity contribution in [3.63, 3.8) is 0 Å². The van der Waals surface area contributed by atoms with Crippen LogP contribution in [0.5, 0.6) is 0 Å². The Balaban J connectivity index is 2.14. The second-order valence-corrected chi connectivity index (χ2v) is 10.9. The van der Waals surface area contributed by atoms with Crippen molar-refractivity contribution in [2.45, 2.75) is 16.0 Å². The number of hydrogen-bond acceptors (Lipinski definition) is 5. The van der Waals surface area contributed by atoms with Crippen molar-refractivity contribution in [1.82, 2.24) is 0 Å². The van der Waals surface area contributed by atoms with Crippen molar-refractivity contribution in [2.75, 3.05) is 12.0 Å². The number of sulfonamides is 1. The van der Waals surface area contributed by atoms with Crippen LogP contribution < -0.4 is 5.73 Å². The van der Waals surface area contributed by atoms with Gasteiger partial charge in [-0.2, -0.15) is 8.42 Å². The third-order valence-corrected chi connectivity index (χ3v) is 9.19. The van der Waals surface area contributed by atoms with Gasteiger partial charge in [0.05, 0.1) is 9.73 Å². The van der Waals surface area contributed by atoms with Gasteiger partial charge in [-0.05, 0) is 48.2 Å². The molecule has 0 amide bonds. The fourth-order valence-corrected chi connectivity index (χ4v) is 7.16. The van der Waals surface area contributed by atoms with Crippen LogP contribution in [-0.4, -0.2) is 18.9 Å². The summed E-state index contributed by atoms with van der Waals surface area (Å²) in [6, 6.07) is 13.4. The van der Waals surface area contributed by atoms with Crippen molar-refractivity contribution >= 4 is 46.9 Å². The summed E-state index contributed by atoms with van der Waals surface area (Å²) in [4.78, 5) is 0.331. The van der Waals surface area contributed by atoms with Gasteiger partial charge in [0.15, 0.2) is 0 Å². The van der Waals surface area contributed by atoms with Crippen molar-refractivity contribution in [2.24, 2.45) is 3.77 Å². The molecular weight excluding hydrogens is 364 g/mol. The topological polar surface area (TPSA) is 89.6 Å². The molecule has 5 nitrogen and oxygen atoms in total. The summed E-state index contributed by atoms with van der Waals surface area (Å²) in [5.41, 5.74) is 7.11. The van der Waals surface area contributed by atoms with Gasteiger partial charge in [-0.25, -0.2) is 4.21 Å². The largest absolute Gasteiger partial charge is 0.399 e. The van der Waals surface area contributed by atoms with Crippen LogP contribution >= 0.6 is 11.3 Å². The van der Waals surface area contributed by atoms with Crippen LogP contribution in [0.1, 0.15) is 5.56 Å². The Morgan fingerprint density at radius 1 is 1.04 bits per heavy atom. The van der Waals surface area contributed by atoms with Gasteiger partial charge in [0.2, 0.25) is 0 Å². The molecule has 0 bridgehead atoms. The summed E-state index contributed by atoms with van der Waals surface area (Å²) < 4.78 is 42.7. The number of nitrogen functional groups attached to an aromatic ring is 1. The van der Waals surface area contributed by atoms with Gasteiger partial charge in [0.1, 0.15) is 4.21 Å². The molecule has 2 N–H and O–H groups in total. The molecule has 1 atom stereocenters. The van der Waals surface area contributed by atoms with Crippen molar-refractivity contribution < 1.29 is 12.6 Å². The number of rotatable bonds is 3. The van der Waals surface area contributed by atoms with Crippen LogP contribution in [0.2, 0.25) is 0 Å². The van der Waals surface area contributed by atoms with Crippen LogP contribution in [0.15, 0.2) is 61.4 Å². The molecule has 8 heteroatoms. The van der Waals surface area contributed by atoms with E-state index in [9.17, 15) is 12.6 Å². The first-order chi connectivity index (χ1) is 11.2. The van der Waals surface area contributed by atoms with E-state index in [-0.39, 0.29) is 4.21 Å². The summed E-state index contributed by atoms with van der Waals surface area (Å²) in [5.74, 6) is 0. The van der Waals surface area contributed by atoms with E-state index in [1.54, 1.807) is 18.2 Å². The molecule has 0 aliphatic carbocycles. The molecular formula is C16H16N2O3S3.